The number of hydrogen-bond acceptors (Lipinski definition) is 1. The van der Waals surface area contributed by atoms with E-state index < -0.39 is 0 Å². The Hall–Kier alpha value is -1.81. The molecular formula is C18H19BrN2O. The Morgan fingerprint density at radius 1 is 1.05 bits per heavy atom. The van der Waals surface area contributed by atoms with Crippen LogP contribution in [0.5, 0.6) is 0 Å². The predicted octanol–water partition coefficient (Wildman–Crippen LogP) is 4.69. The number of para-hydroxylation sites is 1. The van der Waals surface area contributed by atoms with Crippen LogP contribution in [0.25, 0.3) is 0 Å². The van der Waals surface area contributed by atoms with Crippen molar-refractivity contribution in [1.82, 2.24) is 5.32 Å². The normalized spacial score (nSPS) is 15.7. The summed E-state index contributed by atoms with van der Waals surface area (Å²) >= 11 is 3.43. The highest BCUT2D eigenvalue weighted by molar-refractivity contribution is 9.10. The van der Waals surface area contributed by atoms with Crippen molar-refractivity contribution in [3.05, 3.63) is 64.6 Å². The Bertz CT molecular complexity index is 653. The van der Waals surface area contributed by atoms with E-state index in [1.807, 2.05) is 30.3 Å². The van der Waals surface area contributed by atoms with Gasteiger partial charge in [0, 0.05) is 16.4 Å². The van der Waals surface area contributed by atoms with Crippen molar-refractivity contribution in [1.29, 1.82) is 0 Å². The minimum absolute atomic E-state index is 0.104. The number of anilines is 1. The first-order chi connectivity index (χ1) is 10.7. The van der Waals surface area contributed by atoms with E-state index in [-0.39, 0.29) is 11.4 Å². The fraction of sp³-hybridized carbons (Fsp3) is 0.278. The molecule has 0 saturated heterocycles. The summed E-state index contributed by atoms with van der Waals surface area (Å²) in [5, 5.41) is 5.91. The molecule has 2 amide bonds. The molecule has 0 radical (unpaired) electrons. The van der Waals surface area contributed by atoms with E-state index in [0.717, 1.165) is 23.0 Å². The molecule has 0 aromatic heterocycles. The summed E-state index contributed by atoms with van der Waals surface area (Å²) in [6.07, 6.45) is 3.49. The third kappa shape index (κ3) is 3.17. The quantitative estimate of drug-likeness (QED) is 0.817. The number of urea groups is 1. The molecule has 0 unspecified atom stereocenters. The van der Waals surface area contributed by atoms with Gasteiger partial charge in [-0.3, -0.25) is 0 Å². The zero-order valence-corrected chi connectivity index (χ0v) is 13.9. The zero-order valence-electron chi connectivity index (χ0n) is 12.3. The topological polar surface area (TPSA) is 41.1 Å². The zero-order chi connectivity index (χ0) is 15.4. The minimum Gasteiger partial charge on any atom is -0.337 e. The van der Waals surface area contributed by atoms with Crippen LogP contribution in [0.1, 0.15) is 24.8 Å². The molecule has 4 heteroatoms. The van der Waals surface area contributed by atoms with E-state index in [1.165, 1.54) is 12.0 Å². The molecule has 0 heterocycles. The van der Waals surface area contributed by atoms with Crippen molar-refractivity contribution < 1.29 is 4.79 Å². The monoisotopic (exact) mass is 358 g/mol. The number of carbonyl (C=O) groups is 1. The lowest BCUT2D eigenvalue weighted by Gasteiger charge is -2.42. The minimum atomic E-state index is -0.158. The van der Waals surface area contributed by atoms with E-state index in [2.05, 4.69) is 50.8 Å². The van der Waals surface area contributed by atoms with Crippen molar-refractivity contribution in [2.24, 2.45) is 0 Å². The largest absolute Gasteiger partial charge is 0.337 e. The summed E-state index contributed by atoms with van der Waals surface area (Å²) in [7, 11) is 0. The molecule has 1 saturated carbocycles. The fourth-order valence-corrected chi connectivity index (χ4v) is 3.33. The van der Waals surface area contributed by atoms with Crippen LogP contribution >= 0.6 is 15.9 Å². The maximum absolute atomic E-state index is 12.1. The van der Waals surface area contributed by atoms with Gasteiger partial charge in [-0.05, 0) is 46.5 Å². The second-order valence-electron chi connectivity index (χ2n) is 5.79. The van der Waals surface area contributed by atoms with Gasteiger partial charge in [0.25, 0.3) is 0 Å². The summed E-state index contributed by atoms with van der Waals surface area (Å²) in [6.45, 7) is 0.674. The number of benzene rings is 2. The predicted molar refractivity (Wildman–Crippen MR) is 93.1 cm³/mol. The standard InChI is InChI=1S/C18H19BrN2O/c19-15-9-4-5-10-16(15)21-17(22)20-13-18(11-6-12-18)14-7-2-1-3-8-14/h1-5,7-10H,6,11-13H2,(H2,20,21,22). The highest BCUT2D eigenvalue weighted by Gasteiger charge is 2.38. The van der Waals surface area contributed by atoms with Crippen LogP contribution in [0.2, 0.25) is 0 Å². The third-order valence-electron chi connectivity index (χ3n) is 4.41. The van der Waals surface area contributed by atoms with Crippen LogP contribution in [0.4, 0.5) is 10.5 Å². The lowest BCUT2D eigenvalue weighted by molar-refractivity contribution is 0.222. The van der Waals surface area contributed by atoms with E-state index in [9.17, 15) is 4.79 Å². The Morgan fingerprint density at radius 3 is 2.36 bits per heavy atom. The van der Waals surface area contributed by atoms with Gasteiger partial charge in [0.15, 0.2) is 0 Å². The van der Waals surface area contributed by atoms with Gasteiger partial charge in [-0.15, -0.1) is 0 Å². The first kappa shape index (κ1) is 15.1. The number of rotatable bonds is 4. The number of hydrogen-bond donors (Lipinski definition) is 2. The molecular weight excluding hydrogens is 340 g/mol. The molecule has 0 atom stereocenters. The molecule has 0 spiro atoms. The van der Waals surface area contributed by atoms with Crippen LogP contribution in [0.3, 0.4) is 0 Å². The molecule has 1 aliphatic rings. The number of halogens is 1. The maximum atomic E-state index is 12.1. The lowest BCUT2D eigenvalue weighted by Crippen LogP contribution is -2.46. The second kappa shape index (κ2) is 6.53. The van der Waals surface area contributed by atoms with Gasteiger partial charge < -0.3 is 10.6 Å². The number of carbonyl (C=O) groups excluding carboxylic acids is 1. The van der Waals surface area contributed by atoms with Crippen LogP contribution in [-0.4, -0.2) is 12.6 Å². The molecule has 0 bridgehead atoms. The molecule has 1 aliphatic carbocycles. The summed E-state index contributed by atoms with van der Waals surface area (Å²) < 4.78 is 0.881. The highest BCUT2D eigenvalue weighted by Crippen LogP contribution is 2.43. The van der Waals surface area contributed by atoms with E-state index in [1.54, 1.807) is 0 Å². The van der Waals surface area contributed by atoms with Crippen molar-refractivity contribution >= 4 is 27.6 Å². The van der Waals surface area contributed by atoms with E-state index in [0.29, 0.717) is 6.54 Å². The van der Waals surface area contributed by atoms with Gasteiger partial charge in [-0.2, -0.15) is 0 Å². The average molecular weight is 359 g/mol. The van der Waals surface area contributed by atoms with Crippen molar-refractivity contribution in [2.45, 2.75) is 24.7 Å². The number of nitrogens with one attached hydrogen (secondary N) is 2. The molecule has 22 heavy (non-hydrogen) atoms. The second-order valence-corrected chi connectivity index (χ2v) is 6.64. The molecule has 0 aliphatic heterocycles. The molecule has 3 nitrogen and oxygen atoms in total. The Kier molecular flexibility index (Phi) is 4.48. The average Bonchev–Trinajstić information content (AvgIpc) is 2.50. The summed E-state index contributed by atoms with van der Waals surface area (Å²) in [6, 6.07) is 17.9. The lowest BCUT2D eigenvalue weighted by atomic mass is 9.64. The van der Waals surface area contributed by atoms with Crippen LogP contribution in [-0.2, 0) is 5.41 Å². The van der Waals surface area contributed by atoms with Crippen LogP contribution in [0.15, 0.2) is 59.1 Å². The molecule has 1 fully saturated rings. The first-order valence-corrected chi connectivity index (χ1v) is 8.34. The van der Waals surface area contributed by atoms with Crippen LogP contribution in [0, 0.1) is 0 Å². The highest BCUT2D eigenvalue weighted by atomic mass is 79.9. The number of amides is 2. The van der Waals surface area contributed by atoms with Gasteiger partial charge in [-0.25, -0.2) is 4.79 Å². The molecule has 114 valence electrons. The summed E-state index contributed by atoms with van der Waals surface area (Å²) in [5.41, 5.74) is 2.21. The maximum Gasteiger partial charge on any atom is 0.319 e. The van der Waals surface area contributed by atoms with Gasteiger partial charge in [0.2, 0.25) is 0 Å². The first-order valence-electron chi connectivity index (χ1n) is 7.55. The smallest absolute Gasteiger partial charge is 0.319 e. The Labute approximate surface area is 139 Å². The molecule has 2 aromatic rings. The van der Waals surface area contributed by atoms with Gasteiger partial charge in [-0.1, -0.05) is 48.9 Å². The molecule has 2 aromatic carbocycles. The van der Waals surface area contributed by atoms with Gasteiger partial charge in [0.1, 0.15) is 0 Å². The van der Waals surface area contributed by atoms with Gasteiger partial charge in [0.05, 0.1) is 5.69 Å². The molecule has 3 rings (SSSR count). The van der Waals surface area contributed by atoms with Crippen LogP contribution < -0.4 is 10.6 Å². The Morgan fingerprint density at radius 2 is 1.73 bits per heavy atom. The van der Waals surface area contributed by atoms with Gasteiger partial charge >= 0.3 is 6.03 Å². The van der Waals surface area contributed by atoms with Crippen molar-refractivity contribution in [3.8, 4) is 0 Å². The molecule has 2 N–H and O–H groups in total. The fourth-order valence-electron chi connectivity index (χ4n) is 2.94. The Balaban J connectivity index is 1.62. The third-order valence-corrected chi connectivity index (χ3v) is 5.10. The van der Waals surface area contributed by atoms with E-state index in [4.69, 9.17) is 0 Å². The SMILES string of the molecule is O=C(NCC1(c2ccccc2)CCC1)Nc1ccccc1Br. The van der Waals surface area contributed by atoms with Crippen molar-refractivity contribution in [2.75, 3.05) is 11.9 Å². The van der Waals surface area contributed by atoms with Crippen molar-refractivity contribution in [3.63, 3.8) is 0 Å². The summed E-state index contributed by atoms with van der Waals surface area (Å²) in [5.74, 6) is 0. The summed E-state index contributed by atoms with van der Waals surface area (Å²) in [4.78, 5) is 12.1. The van der Waals surface area contributed by atoms with E-state index >= 15 is 0 Å².